The summed E-state index contributed by atoms with van der Waals surface area (Å²) in [7, 11) is 0. The number of carbonyl (C=O) groups is 3. The van der Waals surface area contributed by atoms with Crippen LogP contribution in [0.4, 0.5) is 15.6 Å². The lowest BCUT2D eigenvalue weighted by molar-refractivity contribution is -0.131. The number of amides is 4. The van der Waals surface area contributed by atoms with Crippen molar-refractivity contribution in [2.75, 3.05) is 4.90 Å². The zero-order chi connectivity index (χ0) is 23.0. The first-order chi connectivity index (χ1) is 15.2. The third-order valence-corrected chi connectivity index (χ3v) is 6.55. The molecule has 2 heterocycles. The zero-order valence-electron chi connectivity index (χ0n) is 17.1. The Morgan fingerprint density at radius 1 is 1.19 bits per heavy atom. The second kappa shape index (κ2) is 8.54. The number of nitrogens with zero attached hydrogens (tertiary/aromatic N) is 3. The number of nitrogens with one attached hydrogen (secondary N) is 1. The first-order valence-electron chi connectivity index (χ1n) is 9.60. The van der Waals surface area contributed by atoms with Gasteiger partial charge in [-0.2, -0.15) is 0 Å². The van der Waals surface area contributed by atoms with Crippen molar-refractivity contribution < 1.29 is 14.4 Å². The fraction of sp³-hybridized carbons (Fsp3) is 0.182. The molecule has 0 aliphatic carbocycles. The van der Waals surface area contributed by atoms with Crippen LogP contribution in [0.3, 0.4) is 0 Å². The average Bonchev–Trinajstić information content (AvgIpc) is 3.27. The lowest BCUT2D eigenvalue weighted by atomic mass is 9.92. The van der Waals surface area contributed by atoms with Gasteiger partial charge in [-0.25, -0.2) is 9.78 Å². The molecule has 1 unspecified atom stereocenters. The summed E-state index contributed by atoms with van der Waals surface area (Å²) in [5.41, 5.74) is 0.297. The van der Waals surface area contributed by atoms with Crippen LogP contribution in [0, 0.1) is 0 Å². The van der Waals surface area contributed by atoms with Crippen LogP contribution < -0.4 is 10.2 Å². The Hall–Kier alpha value is -2.94. The van der Waals surface area contributed by atoms with Crippen molar-refractivity contribution in [1.82, 2.24) is 15.2 Å². The minimum absolute atomic E-state index is 0.0392. The highest BCUT2D eigenvalue weighted by atomic mass is 35.5. The number of para-hydroxylation sites is 1. The van der Waals surface area contributed by atoms with Crippen LogP contribution in [0.25, 0.3) is 0 Å². The smallest absolute Gasteiger partial charge is 0.319 e. The fourth-order valence-corrected chi connectivity index (χ4v) is 5.03. The Balaban J connectivity index is 1.59. The first-order valence-corrected chi connectivity index (χ1v) is 11.2. The molecule has 164 valence electrons. The van der Waals surface area contributed by atoms with E-state index in [1.54, 1.807) is 36.6 Å². The number of hydrogen-bond acceptors (Lipinski definition) is 5. The summed E-state index contributed by atoms with van der Waals surface area (Å²) in [5, 5.41) is 5.61. The van der Waals surface area contributed by atoms with Gasteiger partial charge in [0.05, 0.1) is 17.9 Å². The topological polar surface area (TPSA) is 82.6 Å². The van der Waals surface area contributed by atoms with Gasteiger partial charge >= 0.3 is 6.03 Å². The van der Waals surface area contributed by atoms with Crippen molar-refractivity contribution >= 4 is 63.2 Å². The molecule has 2 aromatic carbocycles. The Labute approximate surface area is 198 Å². The summed E-state index contributed by atoms with van der Waals surface area (Å²) in [6.45, 7) is 3.01. The van der Waals surface area contributed by atoms with Gasteiger partial charge in [-0.3, -0.25) is 19.4 Å². The highest BCUT2D eigenvalue weighted by Crippen LogP contribution is 2.36. The maximum absolute atomic E-state index is 13.2. The molecule has 32 heavy (non-hydrogen) atoms. The van der Waals surface area contributed by atoms with E-state index in [9.17, 15) is 14.4 Å². The SMILES string of the molecule is CC(=O)N(c1ccccc1)c1nc(CN2C(=O)NC(C)(c3ccc(Cl)cc3Cl)C2=O)cs1. The number of imide groups is 1. The highest BCUT2D eigenvalue weighted by molar-refractivity contribution is 7.14. The van der Waals surface area contributed by atoms with Crippen molar-refractivity contribution in [1.29, 1.82) is 0 Å². The first kappa shape index (κ1) is 22.3. The normalized spacial score (nSPS) is 18.1. The van der Waals surface area contributed by atoms with Crippen molar-refractivity contribution in [3.05, 3.63) is 75.2 Å². The predicted octanol–water partition coefficient (Wildman–Crippen LogP) is 5.10. The monoisotopic (exact) mass is 488 g/mol. The van der Waals surface area contributed by atoms with Gasteiger partial charge < -0.3 is 5.32 Å². The standard InChI is InChI=1S/C22H18Cl2N4O3S/c1-13(29)28(16-6-4-3-5-7-16)21-25-15(12-32-21)11-27-19(30)22(2,26-20(27)31)17-9-8-14(23)10-18(17)24/h3-10,12H,11H2,1-2H3,(H,26,31). The van der Waals surface area contributed by atoms with Crippen LogP contribution in [0.1, 0.15) is 25.1 Å². The number of aromatic nitrogens is 1. The van der Waals surface area contributed by atoms with E-state index in [0.717, 1.165) is 4.90 Å². The largest absolute Gasteiger partial charge is 0.325 e. The predicted molar refractivity (Wildman–Crippen MR) is 124 cm³/mol. The summed E-state index contributed by atoms with van der Waals surface area (Å²) < 4.78 is 0. The lowest BCUT2D eigenvalue weighted by Gasteiger charge is -2.23. The molecule has 0 saturated carbocycles. The molecular formula is C22H18Cl2N4O3S. The molecule has 3 aromatic rings. The average molecular weight is 489 g/mol. The summed E-state index contributed by atoms with van der Waals surface area (Å²) in [6, 6.07) is 13.3. The number of halogens is 2. The molecule has 7 nitrogen and oxygen atoms in total. The Bertz CT molecular complexity index is 1220. The van der Waals surface area contributed by atoms with Gasteiger partial charge in [0.2, 0.25) is 5.91 Å². The van der Waals surface area contributed by atoms with Gasteiger partial charge in [-0.15, -0.1) is 11.3 Å². The Morgan fingerprint density at radius 3 is 2.56 bits per heavy atom. The molecule has 0 bridgehead atoms. The van der Waals surface area contributed by atoms with E-state index < -0.39 is 17.5 Å². The molecule has 1 aromatic heterocycles. The number of rotatable bonds is 5. The van der Waals surface area contributed by atoms with Gasteiger partial charge in [0.15, 0.2) is 5.13 Å². The van der Waals surface area contributed by atoms with Crippen molar-refractivity contribution in [2.45, 2.75) is 25.9 Å². The maximum Gasteiger partial charge on any atom is 0.325 e. The molecule has 1 atom stereocenters. The molecule has 1 fully saturated rings. The molecule has 0 radical (unpaired) electrons. The molecule has 1 aliphatic heterocycles. The molecule has 4 rings (SSSR count). The minimum Gasteiger partial charge on any atom is -0.319 e. The lowest BCUT2D eigenvalue weighted by Crippen LogP contribution is -2.41. The Kier molecular flexibility index (Phi) is 5.94. The van der Waals surface area contributed by atoms with Crippen LogP contribution in [0.5, 0.6) is 0 Å². The van der Waals surface area contributed by atoms with Crippen LogP contribution >= 0.6 is 34.5 Å². The minimum atomic E-state index is -1.33. The second-order valence-corrected chi connectivity index (χ2v) is 9.06. The van der Waals surface area contributed by atoms with Crippen LogP contribution in [0.2, 0.25) is 10.0 Å². The van der Waals surface area contributed by atoms with E-state index in [-0.39, 0.29) is 17.5 Å². The molecule has 4 amide bonds. The summed E-state index contributed by atoms with van der Waals surface area (Å²) in [6.07, 6.45) is 0. The molecule has 10 heteroatoms. The van der Waals surface area contributed by atoms with E-state index in [1.807, 2.05) is 18.2 Å². The third kappa shape index (κ3) is 3.97. The Morgan fingerprint density at radius 2 is 1.91 bits per heavy atom. The highest BCUT2D eigenvalue weighted by Gasteiger charge is 2.50. The van der Waals surface area contributed by atoms with Gasteiger partial charge in [0.1, 0.15) is 5.54 Å². The summed E-state index contributed by atoms with van der Waals surface area (Å²) in [4.78, 5) is 45.2. The molecule has 1 aliphatic rings. The fourth-order valence-electron chi connectivity index (χ4n) is 3.56. The maximum atomic E-state index is 13.2. The molecule has 1 saturated heterocycles. The van der Waals surface area contributed by atoms with Gasteiger partial charge in [0, 0.05) is 27.9 Å². The van der Waals surface area contributed by atoms with Gasteiger partial charge in [0.25, 0.3) is 5.91 Å². The molecule has 1 N–H and O–H groups in total. The summed E-state index contributed by atoms with van der Waals surface area (Å²) in [5.74, 6) is -0.648. The number of urea groups is 1. The number of anilines is 2. The number of thiazole rings is 1. The van der Waals surface area contributed by atoms with Crippen LogP contribution in [0.15, 0.2) is 53.9 Å². The van der Waals surface area contributed by atoms with Crippen LogP contribution in [-0.4, -0.2) is 27.7 Å². The number of carbonyl (C=O) groups excluding carboxylic acids is 3. The number of hydrogen-bond donors (Lipinski definition) is 1. The zero-order valence-corrected chi connectivity index (χ0v) is 19.5. The molecular weight excluding hydrogens is 471 g/mol. The summed E-state index contributed by atoms with van der Waals surface area (Å²) >= 11 is 13.5. The van der Waals surface area contributed by atoms with E-state index in [0.29, 0.717) is 27.1 Å². The molecule has 0 spiro atoms. The van der Waals surface area contributed by atoms with Crippen molar-refractivity contribution in [3.8, 4) is 0 Å². The van der Waals surface area contributed by atoms with E-state index >= 15 is 0 Å². The number of benzene rings is 2. The third-order valence-electron chi connectivity index (χ3n) is 5.13. The van der Waals surface area contributed by atoms with Crippen molar-refractivity contribution in [2.24, 2.45) is 0 Å². The van der Waals surface area contributed by atoms with Gasteiger partial charge in [-0.1, -0.05) is 47.5 Å². The van der Waals surface area contributed by atoms with E-state index in [1.165, 1.54) is 29.2 Å². The second-order valence-electron chi connectivity index (χ2n) is 7.38. The van der Waals surface area contributed by atoms with Crippen molar-refractivity contribution in [3.63, 3.8) is 0 Å². The quantitative estimate of drug-likeness (QED) is 0.506. The van der Waals surface area contributed by atoms with E-state index in [4.69, 9.17) is 23.2 Å². The van der Waals surface area contributed by atoms with Crippen LogP contribution in [-0.2, 0) is 21.7 Å². The van der Waals surface area contributed by atoms with Gasteiger partial charge in [-0.05, 0) is 31.2 Å². The van der Waals surface area contributed by atoms with E-state index in [2.05, 4.69) is 10.3 Å².